The summed E-state index contributed by atoms with van der Waals surface area (Å²) in [4.78, 5) is 72.6. The molecular weight excluding hydrogens is 1200 g/mol. The second kappa shape index (κ2) is 61.6. The van der Waals surface area contributed by atoms with Crippen LogP contribution in [0.15, 0.2) is 0 Å². The molecule has 0 heterocycles. The lowest BCUT2D eigenvalue weighted by atomic mass is 9.99. The van der Waals surface area contributed by atoms with Gasteiger partial charge in [0.25, 0.3) is 0 Å². The maximum absolute atomic E-state index is 13.0. The SMILES string of the molecule is CCC(C)CCCCCCCCCCCCC(=O)O[C@H](COC(=O)CCCCCCCCCC(C)C)COP(=O)(O)OCC(O)COP(=O)(O)OC[C@@H](COC(=O)CCCCCCCCCCCCCCC(C)C)OC(=O)CCCCCCCCCCCC(C)C. The molecule has 0 aromatic carbocycles. The van der Waals surface area contributed by atoms with Crippen molar-refractivity contribution in [2.24, 2.45) is 23.7 Å². The Morgan fingerprint density at radius 1 is 0.308 bits per heavy atom. The number of carbonyl (C=O) groups is 4. The van der Waals surface area contributed by atoms with Crippen molar-refractivity contribution < 1.29 is 80.2 Å². The summed E-state index contributed by atoms with van der Waals surface area (Å²) >= 11 is 0. The van der Waals surface area contributed by atoms with Gasteiger partial charge in [0.15, 0.2) is 12.2 Å². The Balaban J connectivity index is 5.25. The molecule has 0 aliphatic heterocycles. The van der Waals surface area contributed by atoms with Crippen molar-refractivity contribution in [3.05, 3.63) is 0 Å². The van der Waals surface area contributed by atoms with Crippen LogP contribution >= 0.6 is 15.6 Å². The van der Waals surface area contributed by atoms with Gasteiger partial charge in [-0.1, -0.05) is 306 Å². The van der Waals surface area contributed by atoms with E-state index < -0.39 is 97.5 Å². The minimum Gasteiger partial charge on any atom is -0.462 e. The van der Waals surface area contributed by atoms with Crippen molar-refractivity contribution in [2.75, 3.05) is 39.6 Å². The topological polar surface area (TPSA) is 237 Å². The molecule has 17 nitrogen and oxygen atoms in total. The van der Waals surface area contributed by atoms with Gasteiger partial charge in [-0.25, -0.2) is 9.13 Å². The van der Waals surface area contributed by atoms with Crippen LogP contribution in [0.2, 0.25) is 0 Å². The lowest BCUT2D eigenvalue weighted by Gasteiger charge is -2.21. The highest BCUT2D eigenvalue weighted by Gasteiger charge is 2.30. The Hall–Kier alpha value is -1.94. The van der Waals surface area contributed by atoms with E-state index in [4.69, 9.17) is 37.0 Å². The third-order valence-corrected chi connectivity index (χ3v) is 18.8. The van der Waals surface area contributed by atoms with Crippen LogP contribution in [0.25, 0.3) is 0 Å². The average Bonchev–Trinajstić information content (AvgIpc) is 3.69. The zero-order valence-corrected chi connectivity index (χ0v) is 61.3. The smallest absolute Gasteiger partial charge is 0.462 e. The van der Waals surface area contributed by atoms with Crippen molar-refractivity contribution in [1.82, 2.24) is 0 Å². The van der Waals surface area contributed by atoms with E-state index in [1.807, 2.05) is 0 Å². The summed E-state index contributed by atoms with van der Waals surface area (Å²) in [6, 6.07) is 0. The summed E-state index contributed by atoms with van der Waals surface area (Å²) in [5, 5.41) is 10.6. The van der Waals surface area contributed by atoms with Crippen LogP contribution in [0.4, 0.5) is 0 Å². The van der Waals surface area contributed by atoms with Gasteiger partial charge in [-0.15, -0.1) is 0 Å². The quantitative estimate of drug-likeness (QED) is 0.0222. The highest BCUT2D eigenvalue weighted by molar-refractivity contribution is 7.47. The second-order valence-corrected chi connectivity index (χ2v) is 30.6. The number of phosphoric acid groups is 2. The molecule has 6 atom stereocenters. The van der Waals surface area contributed by atoms with Crippen LogP contribution < -0.4 is 0 Å². The molecule has 0 spiro atoms. The molecule has 0 saturated heterocycles. The number of phosphoric ester groups is 2. The van der Waals surface area contributed by atoms with E-state index in [9.17, 15) is 43.2 Å². The van der Waals surface area contributed by atoms with Gasteiger partial charge < -0.3 is 33.8 Å². The van der Waals surface area contributed by atoms with Gasteiger partial charge >= 0.3 is 39.5 Å². The summed E-state index contributed by atoms with van der Waals surface area (Å²) in [6.07, 6.45) is 44.4. The number of hydrogen-bond acceptors (Lipinski definition) is 15. The van der Waals surface area contributed by atoms with Crippen LogP contribution in [0.1, 0.15) is 357 Å². The number of aliphatic hydroxyl groups is 1. The van der Waals surface area contributed by atoms with Gasteiger partial charge in [0.05, 0.1) is 26.4 Å². The molecule has 0 saturated carbocycles. The van der Waals surface area contributed by atoms with Crippen molar-refractivity contribution >= 4 is 39.5 Å². The van der Waals surface area contributed by atoms with Crippen LogP contribution in [-0.4, -0.2) is 96.7 Å². The Morgan fingerprint density at radius 3 is 0.780 bits per heavy atom. The van der Waals surface area contributed by atoms with E-state index in [0.717, 1.165) is 114 Å². The van der Waals surface area contributed by atoms with E-state index in [1.165, 1.54) is 154 Å². The van der Waals surface area contributed by atoms with Crippen LogP contribution in [0, 0.1) is 23.7 Å². The number of esters is 4. The predicted molar refractivity (Wildman–Crippen MR) is 367 cm³/mol. The zero-order valence-electron chi connectivity index (χ0n) is 59.5. The Bertz CT molecular complexity index is 1800. The fourth-order valence-electron chi connectivity index (χ4n) is 10.8. The minimum absolute atomic E-state index is 0.105. The molecule has 0 rings (SSSR count). The molecule has 0 bridgehead atoms. The fraction of sp³-hybridized carbons (Fsp3) is 0.944. The Kier molecular flexibility index (Phi) is 60.3. The third-order valence-electron chi connectivity index (χ3n) is 16.9. The number of ether oxygens (including phenoxy) is 4. The van der Waals surface area contributed by atoms with Crippen molar-refractivity contribution in [1.29, 1.82) is 0 Å². The number of carbonyl (C=O) groups excluding carboxylic acids is 4. The first-order chi connectivity index (χ1) is 43.6. The van der Waals surface area contributed by atoms with E-state index >= 15 is 0 Å². The molecule has 0 aromatic rings. The van der Waals surface area contributed by atoms with Gasteiger partial charge in [-0.2, -0.15) is 0 Å². The summed E-state index contributed by atoms with van der Waals surface area (Å²) in [5.74, 6) is 0.899. The summed E-state index contributed by atoms with van der Waals surface area (Å²) in [7, 11) is -9.91. The molecule has 0 radical (unpaired) electrons. The molecule has 0 aromatic heterocycles. The standard InChI is InChI=1S/C72H140O17P2/c1-9-65(8)51-43-35-27-19-14-15-21-29-38-46-54-71(76)88-68(59-83-70(75)53-45-37-31-23-26-34-42-50-64(6)7)61-87-91(80,81)85-57-66(73)56-84-90(78,79)86-60-67(89-72(77)55-47-39-30-22-16-18-25-33-41-49-63(4)5)58-82-69(74)52-44-36-28-20-13-11-10-12-17-24-32-40-48-62(2)3/h62-68,73H,9-61H2,1-8H3,(H,78,79)(H,80,81)/t65?,66?,67-,68-/m1/s1. The highest BCUT2D eigenvalue weighted by Crippen LogP contribution is 2.45. The molecule has 3 N–H and O–H groups in total. The number of unbranched alkanes of at least 4 members (excludes halogenated alkanes) is 34. The highest BCUT2D eigenvalue weighted by atomic mass is 31.2. The van der Waals surface area contributed by atoms with Crippen molar-refractivity contribution in [3.8, 4) is 0 Å². The van der Waals surface area contributed by atoms with Crippen molar-refractivity contribution in [2.45, 2.75) is 375 Å². The number of hydrogen-bond donors (Lipinski definition) is 3. The van der Waals surface area contributed by atoms with Gasteiger partial charge in [0, 0.05) is 25.7 Å². The summed E-state index contributed by atoms with van der Waals surface area (Å²) in [5.41, 5.74) is 0. The molecule has 0 aliphatic rings. The van der Waals surface area contributed by atoms with E-state index in [0.29, 0.717) is 31.6 Å². The first kappa shape index (κ1) is 89.1. The molecule has 0 fully saturated rings. The molecule has 0 aliphatic carbocycles. The largest absolute Gasteiger partial charge is 0.472 e. The lowest BCUT2D eigenvalue weighted by Crippen LogP contribution is -2.30. The van der Waals surface area contributed by atoms with Gasteiger partial charge in [0.1, 0.15) is 19.3 Å². The van der Waals surface area contributed by atoms with E-state index in [2.05, 4.69) is 55.4 Å². The molecule has 19 heteroatoms. The molecular formula is C72H140O17P2. The van der Waals surface area contributed by atoms with Gasteiger partial charge in [-0.05, 0) is 49.4 Å². The molecule has 540 valence electrons. The summed E-state index contributed by atoms with van der Waals surface area (Å²) < 4.78 is 68.4. The zero-order chi connectivity index (χ0) is 67.5. The maximum atomic E-state index is 13.0. The van der Waals surface area contributed by atoms with Crippen LogP contribution in [0.5, 0.6) is 0 Å². The van der Waals surface area contributed by atoms with E-state index in [-0.39, 0.29) is 25.7 Å². The first-order valence-electron chi connectivity index (χ1n) is 37.2. The second-order valence-electron chi connectivity index (χ2n) is 27.6. The average molecular weight is 1340 g/mol. The number of rotatable bonds is 69. The monoisotopic (exact) mass is 1340 g/mol. The van der Waals surface area contributed by atoms with Gasteiger partial charge in [-0.3, -0.25) is 37.3 Å². The van der Waals surface area contributed by atoms with E-state index in [1.54, 1.807) is 0 Å². The van der Waals surface area contributed by atoms with Crippen molar-refractivity contribution in [3.63, 3.8) is 0 Å². The van der Waals surface area contributed by atoms with Gasteiger partial charge in [0.2, 0.25) is 0 Å². The minimum atomic E-state index is -4.95. The first-order valence-corrected chi connectivity index (χ1v) is 40.2. The molecule has 91 heavy (non-hydrogen) atoms. The lowest BCUT2D eigenvalue weighted by molar-refractivity contribution is -0.161. The van der Waals surface area contributed by atoms with Crippen LogP contribution in [0.3, 0.4) is 0 Å². The molecule has 0 amide bonds. The predicted octanol–water partition coefficient (Wildman–Crippen LogP) is 20.5. The molecule has 4 unspecified atom stereocenters. The Labute approximate surface area is 556 Å². The third kappa shape index (κ3) is 65.1. The number of aliphatic hydroxyl groups excluding tert-OH is 1. The summed E-state index contributed by atoms with van der Waals surface area (Å²) in [6.45, 7) is 14.1. The Morgan fingerprint density at radius 2 is 0.527 bits per heavy atom. The maximum Gasteiger partial charge on any atom is 0.472 e. The normalized spacial score (nSPS) is 14.5. The van der Waals surface area contributed by atoms with Crippen LogP contribution in [-0.2, 0) is 65.4 Å². The fourth-order valence-corrected chi connectivity index (χ4v) is 12.4.